The summed E-state index contributed by atoms with van der Waals surface area (Å²) < 4.78 is 17.2. The molecule has 1 unspecified atom stereocenters. The van der Waals surface area contributed by atoms with Crippen molar-refractivity contribution in [2.75, 3.05) is 46.3 Å². The lowest BCUT2D eigenvalue weighted by molar-refractivity contribution is 0.144. The van der Waals surface area contributed by atoms with Gasteiger partial charge in [0, 0.05) is 30.4 Å². The Kier molecular flexibility index (Phi) is 9.85. The van der Waals surface area contributed by atoms with Crippen LogP contribution in [-0.2, 0) is 19.3 Å². The Morgan fingerprint density at radius 1 is 0.950 bits per heavy atom. The van der Waals surface area contributed by atoms with Gasteiger partial charge < -0.3 is 24.6 Å². The summed E-state index contributed by atoms with van der Waals surface area (Å²) in [5.74, 6) is 3.13. The first-order valence-electron chi connectivity index (χ1n) is 14.4. The normalized spacial score (nSPS) is 15.0. The van der Waals surface area contributed by atoms with E-state index in [1.807, 2.05) is 6.07 Å². The summed E-state index contributed by atoms with van der Waals surface area (Å²) in [6.45, 7) is 9.07. The van der Waals surface area contributed by atoms with Crippen LogP contribution < -0.4 is 19.5 Å². The molecule has 0 amide bonds. The molecular formula is C34H46N2O4. The van der Waals surface area contributed by atoms with Crippen molar-refractivity contribution in [2.24, 2.45) is 0 Å². The Bertz CT molecular complexity index is 1250. The standard InChI is InChI=1S/C34H46N2O4/c1-34(2,3)36(4)18-19-40-29-15-9-24(10-16-29)8-7-17-35-31-23-33(39-6)32(38-5)22-30(31)27-12-11-26-21-28(37)14-13-25(26)20-27/h9-10,13-16,21-23,27,35,37H,7-8,11-12,17-20H2,1-6H3. The first-order valence-corrected chi connectivity index (χ1v) is 14.4. The molecule has 3 aromatic rings. The molecule has 0 bridgehead atoms. The number of ether oxygens (including phenoxy) is 3. The Morgan fingerprint density at radius 2 is 1.68 bits per heavy atom. The number of phenolic OH excluding ortho intramolecular Hbond substituents is 1. The number of nitrogens with zero attached hydrogens (tertiary/aromatic N) is 1. The molecule has 0 saturated heterocycles. The van der Waals surface area contributed by atoms with E-state index in [0.29, 0.717) is 18.3 Å². The number of benzene rings is 3. The zero-order chi connectivity index (χ0) is 28.7. The number of hydrogen-bond acceptors (Lipinski definition) is 6. The van der Waals surface area contributed by atoms with Gasteiger partial charge in [-0.15, -0.1) is 0 Å². The van der Waals surface area contributed by atoms with Crippen LogP contribution in [-0.4, -0.2) is 56.5 Å². The average Bonchev–Trinajstić information content (AvgIpc) is 2.94. The Hall–Kier alpha value is -3.38. The van der Waals surface area contributed by atoms with Crippen molar-refractivity contribution in [3.8, 4) is 23.0 Å². The van der Waals surface area contributed by atoms with E-state index in [9.17, 15) is 5.11 Å². The summed E-state index contributed by atoms with van der Waals surface area (Å²) >= 11 is 0. The van der Waals surface area contributed by atoms with Crippen LogP contribution in [0.15, 0.2) is 54.6 Å². The van der Waals surface area contributed by atoms with Crippen molar-refractivity contribution >= 4 is 5.69 Å². The van der Waals surface area contributed by atoms with Gasteiger partial charge in [0.05, 0.1) is 14.2 Å². The van der Waals surface area contributed by atoms with Gasteiger partial charge >= 0.3 is 0 Å². The van der Waals surface area contributed by atoms with Crippen LogP contribution >= 0.6 is 0 Å². The number of rotatable bonds is 12. The molecule has 216 valence electrons. The highest BCUT2D eigenvalue weighted by Gasteiger charge is 2.24. The molecule has 3 aromatic carbocycles. The van der Waals surface area contributed by atoms with Gasteiger partial charge in [-0.1, -0.05) is 18.2 Å². The molecule has 4 rings (SSSR count). The molecule has 1 aliphatic rings. The fraction of sp³-hybridized carbons (Fsp3) is 0.471. The molecule has 0 saturated carbocycles. The maximum absolute atomic E-state index is 9.89. The van der Waals surface area contributed by atoms with E-state index in [2.05, 4.69) is 80.5 Å². The smallest absolute Gasteiger partial charge is 0.162 e. The maximum Gasteiger partial charge on any atom is 0.162 e. The first-order chi connectivity index (χ1) is 19.2. The van der Waals surface area contributed by atoms with E-state index in [-0.39, 0.29) is 5.54 Å². The second-order valence-corrected chi connectivity index (χ2v) is 11.8. The largest absolute Gasteiger partial charge is 0.508 e. The lowest BCUT2D eigenvalue weighted by Crippen LogP contribution is -2.40. The third-order valence-corrected chi connectivity index (χ3v) is 8.14. The minimum atomic E-state index is 0.145. The summed E-state index contributed by atoms with van der Waals surface area (Å²) in [5.41, 5.74) is 6.37. The SMILES string of the molecule is COc1cc(NCCCc2ccc(OCCN(C)C(C)(C)C)cc2)c(C2CCc3cc(O)ccc3C2)cc1OC. The van der Waals surface area contributed by atoms with Gasteiger partial charge in [-0.25, -0.2) is 0 Å². The zero-order valence-electron chi connectivity index (χ0n) is 25.0. The second kappa shape index (κ2) is 13.3. The van der Waals surface area contributed by atoms with E-state index in [0.717, 1.165) is 68.1 Å². The molecule has 0 spiro atoms. The number of aryl methyl sites for hydroxylation is 2. The van der Waals surface area contributed by atoms with Crippen molar-refractivity contribution in [1.29, 1.82) is 0 Å². The number of likely N-dealkylation sites (N-methyl/N-ethyl adjacent to an activating group) is 1. The summed E-state index contributed by atoms with van der Waals surface area (Å²) in [7, 11) is 5.50. The predicted octanol–water partition coefficient (Wildman–Crippen LogP) is 6.84. The molecular weight excluding hydrogens is 500 g/mol. The molecule has 6 heteroatoms. The van der Waals surface area contributed by atoms with Crippen molar-refractivity contribution < 1.29 is 19.3 Å². The number of nitrogens with one attached hydrogen (secondary N) is 1. The topological polar surface area (TPSA) is 63.2 Å². The molecule has 0 fully saturated rings. The predicted molar refractivity (Wildman–Crippen MR) is 164 cm³/mol. The van der Waals surface area contributed by atoms with Crippen LogP contribution in [0.2, 0.25) is 0 Å². The quantitative estimate of drug-likeness (QED) is 0.243. The fourth-order valence-corrected chi connectivity index (χ4v) is 5.30. The molecule has 0 aromatic heterocycles. The van der Waals surface area contributed by atoms with Gasteiger partial charge in [0.15, 0.2) is 11.5 Å². The molecule has 6 nitrogen and oxygen atoms in total. The van der Waals surface area contributed by atoms with Crippen LogP contribution in [0.5, 0.6) is 23.0 Å². The van der Waals surface area contributed by atoms with Crippen molar-refractivity contribution in [3.63, 3.8) is 0 Å². The van der Waals surface area contributed by atoms with E-state index in [4.69, 9.17) is 14.2 Å². The van der Waals surface area contributed by atoms with Gasteiger partial charge in [0.2, 0.25) is 0 Å². The number of methoxy groups -OCH3 is 2. The average molecular weight is 547 g/mol. The van der Waals surface area contributed by atoms with Crippen LogP contribution in [0, 0.1) is 0 Å². The molecule has 0 aliphatic heterocycles. The summed E-state index contributed by atoms with van der Waals surface area (Å²) in [6.07, 6.45) is 4.93. The Balaban J connectivity index is 1.34. The zero-order valence-corrected chi connectivity index (χ0v) is 25.0. The van der Waals surface area contributed by atoms with Gasteiger partial charge in [-0.3, -0.25) is 4.90 Å². The summed E-state index contributed by atoms with van der Waals surface area (Å²) in [4.78, 5) is 2.30. The third-order valence-electron chi connectivity index (χ3n) is 8.14. The molecule has 0 heterocycles. The number of aromatic hydroxyl groups is 1. The minimum absolute atomic E-state index is 0.145. The highest BCUT2D eigenvalue weighted by Crippen LogP contribution is 2.42. The Morgan fingerprint density at radius 3 is 2.38 bits per heavy atom. The molecule has 1 atom stereocenters. The first kappa shape index (κ1) is 29.6. The monoisotopic (exact) mass is 546 g/mol. The lowest BCUT2D eigenvalue weighted by Gasteiger charge is -2.31. The molecule has 40 heavy (non-hydrogen) atoms. The summed E-state index contributed by atoms with van der Waals surface area (Å²) in [5, 5.41) is 13.6. The maximum atomic E-state index is 9.89. The molecule has 1 aliphatic carbocycles. The van der Waals surface area contributed by atoms with Crippen molar-refractivity contribution in [2.45, 2.75) is 64.3 Å². The van der Waals surface area contributed by atoms with E-state index in [1.165, 1.54) is 22.3 Å². The fourth-order valence-electron chi connectivity index (χ4n) is 5.30. The van der Waals surface area contributed by atoms with Gasteiger partial charge in [-0.05, 0) is 118 Å². The lowest BCUT2D eigenvalue weighted by atomic mass is 9.79. The molecule has 2 N–H and O–H groups in total. The second-order valence-electron chi connectivity index (χ2n) is 11.8. The van der Waals surface area contributed by atoms with E-state index in [1.54, 1.807) is 20.3 Å². The van der Waals surface area contributed by atoms with Crippen LogP contribution in [0.25, 0.3) is 0 Å². The van der Waals surface area contributed by atoms with E-state index < -0.39 is 0 Å². The highest BCUT2D eigenvalue weighted by molar-refractivity contribution is 5.62. The van der Waals surface area contributed by atoms with Crippen LogP contribution in [0.4, 0.5) is 5.69 Å². The number of phenols is 1. The molecule has 0 radical (unpaired) electrons. The number of fused-ring (bicyclic) bond motifs is 1. The van der Waals surface area contributed by atoms with Gasteiger partial charge in [-0.2, -0.15) is 0 Å². The van der Waals surface area contributed by atoms with Crippen molar-refractivity contribution in [1.82, 2.24) is 4.90 Å². The van der Waals surface area contributed by atoms with E-state index >= 15 is 0 Å². The van der Waals surface area contributed by atoms with Crippen LogP contribution in [0.3, 0.4) is 0 Å². The van der Waals surface area contributed by atoms with Crippen LogP contribution in [0.1, 0.15) is 61.8 Å². The number of hydrogen-bond donors (Lipinski definition) is 2. The van der Waals surface area contributed by atoms with Gasteiger partial charge in [0.1, 0.15) is 18.1 Å². The minimum Gasteiger partial charge on any atom is -0.508 e. The Labute approximate surface area is 240 Å². The van der Waals surface area contributed by atoms with Crippen molar-refractivity contribution in [3.05, 3.63) is 76.9 Å². The summed E-state index contributed by atoms with van der Waals surface area (Å²) in [6, 6.07) is 18.5. The highest BCUT2D eigenvalue weighted by atomic mass is 16.5. The van der Waals surface area contributed by atoms with Gasteiger partial charge in [0.25, 0.3) is 0 Å². The number of anilines is 1. The third kappa shape index (κ3) is 7.63.